The Morgan fingerprint density at radius 1 is 1.33 bits per heavy atom. The van der Waals surface area contributed by atoms with Crippen molar-refractivity contribution < 1.29 is 9.53 Å². The first-order valence-corrected chi connectivity index (χ1v) is 4.53. The van der Waals surface area contributed by atoms with Gasteiger partial charge >= 0.3 is 6.09 Å². The van der Waals surface area contributed by atoms with Crippen molar-refractivity contribution in [3.8, 4) is 0 Å². The van der Waals surface area contributed by atoms with Crippen molar-refractivity contribution in [1.82, 2.24) is 4.90 Å². The molecule has 1 aliphatic rings. The second kappa shape index (κ2) is 3.78. The quantitative estimate of drug-likeness (QED) is 0.558. The molecule has 3 heteroatoms. The van der Waals surface area contributed by atoms with Gasteiger partial charge in [0.15, 0.2) is 0 Å². The molecule has 70 valence electrons. The van der Waals surface area contributed by atoms with E-state index in [0.29, 0.717) is 12.1 Å². The largest absolute Gasteiger partial charge is 0.453 e. The number of hydrogen-bond acceptors (Lipinski definition) is 2. The van der Waals surface area contributed by atoms with Crippen molar-refractivity contribution in [2.45, 2.75) is 45.2 Å². The molecular weight excluding hydrogens is 154 g/mol. The Labute approximate surface area is 73.7 Å². The molecule has 1 rings (SSSR count). The van der Waals surface area contributed by atoms with Crippen LogP contribution in [0.2, 0.25) is 0 Å². The van der Waals surface area contributed by atoms with Crippen LogP contribution in [0.15, 0.2) is 0 Å². The van der Waals surface area contributed by atoms with Gasteiger partial charge in [-0.1, -0.05) is 0 Å². The van der Waals surface area contributed by atoms with Crippen molar-refractivity contribution in [1.29, 1.82) is 0 Å². The molecule has 12 heavy (non-hydrogen) atoms. The number of nitrogens with zero attached hydrogens (tertiary/aromatic N) is 1. The van der Waals surface area contributed by atoms with Crippen LogP contribution in [0.3, 0.4) is 0 Å². The van der Waals surface area contributed by atoms with E-state index in [9.17, 15) is 4.79 Å². The van der Waals surface area contributed by atoms with Crippen LogP contribution in [-0.4, -0.2) is 30.2 Å². The summed E-state index contributed by atoms with van der Waals surface area (Å²) in [6.07, 6.45) is 3.23. The number of rotatable bonds is 0. The zero-order valence-electron chi connectivity index (χ0n) is 8.04. The van der Waals surface area contributed by atoms with Crippen molar-refractivity contribution in [3.63, 3.8) is 0 Å². The maximum absolute atomic E-state index is 11.3. The third-order valence-corrected chi connectivity index (χ3v) is 2.58. The summed E-state index contributed by atoms with van der Waals surface area (Å²) < 4.78 is 4.72. The molecule has 0 spiro atoms. The van der Waals surface area contributed by atoms with Crippen molar-refractivity contribution >= 4 is 6.09 Å². The van der Waals surface area contributed by atoms with Gasteiger partial charge in [-0.05, 0) is 33.1 Å². The van der Waals surface area contributed by atoms with Gasteiger partial charge in [0, 0.05) is 12.1 Å². The number of ether oxygens (including phenoxy) is 1. The predicted octanol–water partition coefficient (Wildman–Crippen LogP) is 2.02. The van der Waals surface area contributed by atoms with Crippen molar-refractivity contribution in [3.05, 3.63) is 0 Å². The second-order valence-electron chi connectivity index (χ2n) is 3.51. The van der Waals surface area contributed by atoms with Crippen LogP contribution in [0.5, 0.6) is 0 Å². The molecule has 1 fully saturated rings. The van der Waals surface area contributed by atoms with Crippen molar-refractivity contribution in [2.24, 2.45) is 0 Å². The van der Waals surface area contributed by atoms with Crippen molar-refractivity contribution in [2.75, 3.05) is 7.11 Å². The molecule has 0 aromatic heterocycles. The summed E-state index contributed by atoms with van der Waals surface area (Å²) in [6.45, 7) is 4.15. The highest BCUT2D eigenvalue weighted by Crippen LogP contribution is 2.22. The Morgan fingerprint density at radius 3 is 2.25 bits per heavy atom. The van der Waals surface area contributed by atoms with Crippen LogP contribution >= 0.6 is 0 Å². The number of carbonyl (C=O) groups is 1. The van der Waals surface area contributed by atoms with E-state index in [0.717, 1.165) is 12.8 Å². The molecule has 2 atom stereocenters. The first-order valence-electron chi connectivity index (χ1n) is 4.53. The van der Waals surface area contributed by atoms with E-state index in [1.807, 2.05) is 4.90 Å². The molecule has 0 saturated carbocycles. The Hall–Kier alpha value is -0.730. The molecule has 0 radical (unpaired) electrons. The number of hydrogen-bond donors (Lipinski definition) is 0. The van der Waals surface area contributed by atoms with Crippen LogP contribution in [0.4, 0.5) is 4.79 Å². The van der Waals surface area contributed by atoms with Crippen LogP contribution in [-0.2, 0) is 4.74 Å². The molecule has 2 unspecified atom stereocenters. The van der Waals surface area contributed by atoms with Gasteiger partial charge < -0.3 is 9.64 Å². The van der Waals surface area contributed by atoms with Crippen LogP contribution in [0, 0.1) is 0 Å². The second-order valence-corrected chi connectivity index (χ2v) is 3.51. The van der Waals surface area contributed by atoms with E-state index in [2.05, 4.69) is 13.8 Å². The zero-order chi connectivity index (χ0) is 9.14. The zero-order valence-corrected chi connectivity index (χ0v) is 8.04. The highest BCUT2D eigenvalue weighted by atomic mass is 16.5. The third kappa shape index (κ3) is 1.71. The summed E-state index contributed by atoms with van der Waals surface area (Å²) in [5.74, 6) is 0. The Balaban J connectivity index is 2.62. The molecule has 0 bridgehead atoms. The highest BCUT2D eigenvalue weighted by molar-refractivity contribution is 5.68. The number of methoxy groups -OCH3 is 1. The summed E-state index contributed by atoms with van der Waals surface area (Å²) in [5, 5.41) is 0. The molecule has 0 aromatic rings. The molecule has 1 saturated heterocycles. The summed E-state index contributed by atoms with van der Waals surface area (Å²) in [4.78, 5) is 13.1. The summed E-state index contributed by atoms with van der Waals surface area (Å²) in [6, 6.07) is 0.669. The lowest BCUT2D eigenvalue weighted by Gasteiger charge is -2.37. The number of carbonyl (C=O) groups excluding carboxylic acids is 1. The Morgan fingerprint density at radius 2 is 1.83 bits per heavy atom. The molecule has 0 aliphatic carbocycles. The smallest absolute Gasteiger partial charge is 0.409 e. The number of amides is 1. The molecule has 0 N–H and O–H groups in total. The third-order valence-electron chi connectivity index (χ3n) is 2.58. The minimum absolute atomic E-state index is 0.185. The molecule has 3 nitrogen and oxygen atoms in total. The average molecular weight is 171 g/mol. The number of piperidine rings is 1. The number of likely N-dealkylation sites (tertiary alicyclic amines) is 1. The normalized spacial score (nSPS) is 30.1. The van der Waals surface area contributed by atoms with Gasteiger partial charge in [-0.25, -0.2) is 4.79 Å². The van der Waals surface area contributed by atoms with Crippen LogP contribution in [0.1, 0.15) is 33.1 Å². The van der Waals surface area contributed by atoms with E-state index in [1.165, 1.54) is 13.5 Å². The Kier molecular flexibility index (Phi) is 2.95. The van der Waals surface area contributed by atoms with E-state index in [1.54, 1.807) is 0 Å². The van der Waals surface area contributed by atoms with Gasteiger partial charge in [-0.3, -0.25) is 0 Å². The summed E-state index contributed by atoms with van der Waals surface area (Å²) in [5.41, 5.74) is 0. The first kappa shape index (κ1) is 9.36. The van der Waals surface area contributed by atoms with Gasteiger partial charge in [0.2, 0.25) is 0 Å². The van der Waals surface area contributed by atoms with E-state index >= 15 is 0 Å². The molecule has 0 aromatic carbocycles. The SMILES string of the molecule is COC(=O)N1C(C)CCCC1C. The van der Waals surface area contributed by atoms with E-state index < -0.39 is 0 Å². The van der Waals surface area contributed by atoms with Crippen LogP contribution < -0.4 is 0 Å². The fourth-order valence-electron chi connectivity index (χ4n) is 1.89. The topological polar surface area (TPSA) is 29.5 Å². The standard InChI is InChI=1S/C9H17NO2/c1-7-5-4-6-8(2)10(7)9(11)12-3/h7-8H,4-6H2,1-3H3. The minimum Gasteiger partial charge on any atom is -0.453 e. The first-order chi connectivity index (χ1) is 5.66. The van der Waals surface area contributed by atoms with E-state index in [4.69, 9.17) is 4.74 Å². The molecule has 1 aliphatic heterocycles. The Bertz CT molecular complexity index is 160. The van der Waals surface area contributed by atoms with Gasteiger partial charge in [-0.2, -0.15) is 0 Å². The predicted molar refractivity (Wildman–Crippen MR) is 47.0 cm³/mol. The van der Waals surface area contributed by atoms with Gasteiger partial charge in [0.25, 0.3) is 0 Å². The van der Waals surface area contributed by atoms with Crippen LogP contribution in [0.25, 0.3) is 0 Å². The fraction of sp³-hybridized carbons (Fsp3) is 0.889. The highest BCUT2D eigenvalue weighted by Gasteiger charge is 2.29. The van der Waals surface area contributed by atoms with Gasteiger partial charge in [0.1, 0.15) is 0 Å². The average Bonchev–Trinajstić information content (AvgIpc) is 2.03. The minimum atomic E-state index is -0.185. The van der Waals surface area contributed by atoms with Gasteiger partial charge in [0.05, 0.1) is 7.11 Å². The maximum atomic E-state index is 11.3. The lowest BCUT2D eigenvalue weighted by atomic mass is 9.98. The maximum Gasteiger partial charge on any atom is 0.409 e. The lowest BCUT2D eigenvalue weighted by molar-refractivity contribution is 0.0694. The molecule has 1 amide bonds. The molecule has 1 heterocycles. The molecular formula is C9H17NO2. The fourth-order valence-corrected chi connectivity index (χ4v) is 1.89. The van der Waals surface area contributed by atoms with E-state index in [-0.39, 0.29) is 6.09 Å². The summed E-state index contributed by atoms with van der Waals surface area (Å²) in [7, 11) is 1.44. The lowest BCUT2D eigenvalue weighted by Crippen LogP contribution is -2.47. The summed E-state index contributed by atoms with van der Waals surface area (Å²) >= 11 is 0. The van der Waals surface area contributed by atoms with Gasteiger partial charge in [-0.15, -0.1) is 0 Å². The monoisotopic (exact) mass is 171 g/mol.